The lowest BCUT2D eigenvalue weighted by Crippen LogP contribution is -2.36. The van der Waals surface area contributed by atoms with E-state index in [1.807, 2.05) is 6.92 Å². The van der Waals surface area contributed by atoms with E-state index in [1.165, 1.54) is 0 Å². The van der Waals surface area contributed by atoms with Crippen molar-refractivity contribution in [3.05, 3.63) is 0 Å². The molecular weight excluding hydrogens is 214 g/mol. The lowest BCUT2D eigenvalue weighted by Gasteiger charge is -2.15. The molecular formula is C10H21NO3S. The van der Waals surface area contributed by atoms with Crippen molar-refractivity contribution in [2.24, 2.45) is 5.92 Å². The molecule has 0 aromatic rings. The zero-order valence-corrected chi connectivity index (χ0v) is 10.3. The van der Waals surface area contributed by atoms with E-state index < -0.39 is 9.84 Å². The quantitative estimate of drug-likeness (QED) is 0.725. The summed E-state index contributed by atoms with van der Waals surface area (Å²) in [4.78, 5) is 0. The van der Waals surface area contributed by atoms with Gasteiger partial charge in [-0.2, -0.15) is 0 Å². The Labute approximate surface area is 92.3 Å². The van der Waals surface area contributed by atoms with Gasteiger partial charge in [-0.1, -0.05) is 6.92 Å². The Morgan fingerprint density at radius 1 is 1.53 bits per heavy atom. The second-order valence-corrected chi connectivity index (χ2v) is 6.64. The highest BCUT2D eigenvalue weighted by molar-refractivity contribution is 7.91. The fourth-order valence-electron chi connectivity index (χ4n) is 1.67. The van der Waals surface area contributed by atoms with Gasteiger partial charge in [-0.3, -0.25) is 0 Å². The topological polar surface area (TPSA) is 55.4 Å². The standard InChI is InChI=1S/C10H21NO3S/c1-3-15(12,13)8-9(2)11-6-10-4-5-14-7-10/h9-11H,3-8H2,1-2H3. The molecule has 1 heterocycles. The molecule has 1 rings (SSSR count). The van der Waals surface area contributed by atoms with Gasteiger partial charge < -0.3 is 10.1 Å². The van der Waals surface area contributed by atoms with E-state index >= 15 is 0 Å². The Kier molecular flexibility index (Phi) is 5.02. The summed E-state index contributed by atoms with van der Waals surface area (Å²) in [5.41, 5.74) is 0. The van der Waals surface area contributed by atoms with Gasteiger partial charge in [-0.25, -0.2) is 8.42 Å². The van der Waals surface area contributed by atoms with Gasteiger partial charge in [0.25, 0.3) is 0 Å². The molecule has 0 aromatic heterocycles. The third kappa shape index (κ3) is 4.95. The predicted molar refractivity (Wildman–Crippen MR) is 60.7 cm³/mol. The fourth-order valence-corrected chi connectivity index (χ4v) is 2.79. The van der Waals surface area contributed by atoms with Crippen LogP contribution >= 0.6 is 0 Å². The molecule has 1 fully saturated rings. The summed E-state index contributed by atoms with van der Waals surface area (Å²) in [6.45, 7) is 6.12. The molecule has 90 valence electrons. The number of hydrogen-bond acceptors (Lipinski definition) is 4. The lowest BCUT2D eigenvalue weighted by molar-refractivity contribution is 0.185. The second-order valence-electron chi connectivity index (χ2n) is 4.24. The normalized spacial score (nSPS) is 24.3. The van der Waals surface area contributed by atoms with Crippen LogP contribution in [-0.2, 0) is 14.6 Å². The van der Waals surface area contributed by atoms with Crippen LogP contribution in [0.2, 0.25) is 0 Å². The molecule has 2 atom stereocenters. The van der Waals surface area contributed by atoms with Crippen LogP contribution in [0.5, 0.6) is 0 Å². The molecule has 0 aromatic carbocycles. The van der Waals surface area contributed by atoms with E-state index in [0.717, 1.165) is 26.2 Å². The smallest absolute Gasteiger partial charge is 0.151 e. The molecule has 15 heavy (non-hydrogen) atoms. The molecule has 0 spiro atoms. The number of nitrogens with one attached hydrogen (secondary N) is 1. The first-order chi connectivity index (χ1) is 7.03. The third-order valence-corrected chi connectivity index (χ3v) is 4.61. The average molecular weight is 235 g/mol. The van der Waals surface area contributed by atoms with Crippen LogP contribution in [0.4, 0.5) is 0 Å². The molecule has 2 unspecified atom stereocenters. The van der Waals surface area contributed by atoms with E-state index in [0.29, 0.717) is 5.92 Å². The molecule has 0 saturated carbocycles. The first kappa shape index (κ1) is 12.9. The monoisotopic (exact) mass is 235 g/mol. The Hall–Kier alpha value is -0.130. The second kappa shape index (κ2) is 5.82. The maximum atomic E-state index is 11.3. The van der Waals surface area contributed by atoms with Crippen LogP contribution < -0.4 is 5.32 Å². The molecule has 1 aliphatic heterocycles. The van der Waals surface area contributed by atoms with Crippen LogP contribution in [0, 0.1) is 5.92 Å². The van der Waals surface area contributed by atoms with Crippen molar-refractivity contribution in [3.63, 3.8) is 0 Å². The summed E-state index contributed by atoms with van der Waals surface area (Å²) in [6, 6.07) is 0.0375. The fraction of sp³-hybridized carbons (Fsp3) is 1.00. The van der Waals surface area contributed by atoms with Gasteiger partial charge in [0.05, 0.1) is 12.4 Å². The van der Waals surface area contributed by atoms with Crippen molar-refractivity contribution in [2.45, 2.75) is 26.3 Å². The highest BCUT2D eigenvalue weighted by atomic mass is 32.2. The molecule has 4 nitrogen and oxygen atoms in total. The van der Waals surface area contributed by atoms with Gasteiger partial charge >= 0.3 is 0 Å². The van der Waals surface area contributed by atoms with Crippen LogP contribution in [0.3, 0.4) is 0 Å². The van der Waals surface area contributed by atoms with Gasteiger partial charge in [0, 0.05) is 24.9 Å². The Morgan fingerprint density at radius 3 is 2.80 bits per heavy atom. The Balaban J connectivity index is 2.20. The third-order valence-electron chi connectivity index (χ3n) is 2.72. The van der Waals surface area contributed by atoms with Gasteiger partial charge in [0.1, 0.15) is 0 Å². The van der Waals surface area contributed by atoms with Crippen molar-refractivity contribution in [1.29, 1.82) is 0 Å². The van der Waals surface area contributed by atoms with Gasteiger partial charge in [0.2, 0.25) is 0 Å². The molecule has 0 aliphatic carbocycles. The maximum Gasteiger partial charge on any atom is 0.151 e. The average Bonchev–Trinajstić information content (AvgIpc) is 2.66. The van der Waals surface area contributed by atoms with E-state index in [2.05, 4.69) is 5.32 Å². The molecule has 1 aliphatic rings. The van der Waals surface area contributed by atoms with E-state index in [-0.39, 0.29) is 17.5 Å². The van der Waals surface area contributed by atoms with Crippen LogP contribution in [0.25, 0.3) is 0 Å². The number of rotatable bonds is 6. The van der Waals surface area contributed by atoms with Gasteiger partial charge in [-0.15, -0.1) is 0 Å². The molecule has 0 radical (unpaired) electrons. The summed E-state index contributed by atoms with van der Waals surface area (Å²) >= 11 is 0. The minimum Gasteiger partial charge on any atom is -0.381 e. The summed E-state index contributed by atoms with van der Waals surface area (Å²) in [7, 11) is -2.86. The lowest BCUT2D eigenvalue weighted by atomic mass is 10.1. The van der Waals surface area contributed by atoms with Gasteiger partial charge in [0.15, 0.2) is 9.84 Å². The summed E-state index contributed by atoms with van der Waals surface area (Å²) in [5.74, 6) is 1.01. The van der Waals surface area contributed by atoms with E-state index in [9.17, 15) is 8.42 Å². The van der Waals surface area contributed by atoms with Crippen molar-refractivity contribution in [2.75, 3.05) is 31.3 Å². The van der Waals surface area contributed by atoms with Crippen molar-refractivity contribution < 1.29 is 13.2 Å². The predicted octanol–water partition coefficient (Wildman–Crippen LogP) is 0.436. The SMILES string of the molecule is CCS(=O)(=O)CC(C)NCC1CCOC1. The largest absolute Gasteiger partial charge is 0.381 e. The molecule has 1 N–H and O–H groups in total. The Bertz CT molecular complexity index is 270. The van der Waals surface area contributed by atoms with Crippen molar-refractivity contribution >= 4 is 9.84 Å². The number of hydrogen-bond donors (Lipinski definition) is 1. The summed E-state index contributed by atoms with van der Waals surface area (Å²) in [6.07, 6.45) is 1.08. The molecule has 5 heteroatoms. The van der Waals surface area contributed by atoms with Crippen LogP contribution in [-0.4, -0.2) is 45.7 Å². The maximum absolute atomic E-state index is 11.3. The Morgan fingerprint density at radius 2 is 2.27 bits per heavy atom. The number of sulfone groups is 1. The number of ether oxygens (including phenoxy) is 1. The molecule has 1 saturated heterocycles. The highest BCUT2D eigenvalue weighted by Crippen LogP contribution is 2.10. The minimum atomic E-state index is -2.86. The van der Waals surface area contributed by atoms with E-state index in [4.69, 9.17) is 4.74 Å². The van der Waals surface area contributed by atoms with Crippen LogP contribution in [0.15, 0.2) is 0 Å². The first-order valence-electron chi connectivity index (χ1n) is 5.55. The first-order valence-corrected chi connectivity index (χ1v) is 7.37. The zero-order valence-electron chi connectivity index (χ0n) is 9.53. The van der Waals surface area contributed by atoms with Crippen molar-refractivity contribution in [3.8, 4) is 0 Å². The zero-order chi connectivity index (χ0) is 11.3. The molecule has 0 amide bonds. The summed E-state index contributed by atoms with van der Waals surface area (Å²) < 4.78 is 27.9. The van der Waals surface area contributed by atoms with E-state index in [1.54, 1.807) is 6.92 Å². The molecule has 0 bridgehead atoms. The minimum absolute atomic E-state index is 0.0375. The van der Waals surface area contributed by atoms with Crippen molar-refractivity contribution in [1.82, 2.24) is 5.32 Å². The van der Waals surface area contributed by atoms with Crippen LogP contribution in [0.1, 0.15) is 20.3 Å². The highest BCUT2D eigenvalue weighted by Gasteiger charge is 2.18. The summed E-state index contributed by atoms with van der Waals surface area (Å²) in [5, 5.41) is 3.26. The van der Waals surface area contributed by atoms with Gasteiger partial charge in [-0.05, 0) is 19.3 Å².